The third-order valence-corrected chi connectivity index (χ3v) is 5.26. The second-order valence-electron chi connectivity index (χ2n) is 7.49. The number of unbranched alkanes of at least 4 members (excludes halogenated alkanes) is 8. The van der Waals surface area contributed by atoms with Gasteiger partial charge >= 0.3 is 0 Å². The van der Waals surface area contributed by atoms with Gasteiger partial charge in [0.05, 0.1) is 5.69 Å². The number of hydrogen-bond donors (Lipinski definition) is 0. The second kappa shape index (κ2) is 12.7. The van der Waals surface area contributed by atoms with Crippen molar-refractivity contribution in [3.8, 4) is 11.3 Å². The van der Waals surface area contributed by atoms with Crippen LogP contribution >= 0.6 is 0 Å². The molecule has 0 bridgehead atoms. The van der Waals surface area contributed by atoms with Crippen LogP contribution in [0.3, 0.4) is 0 Å². The standard InChI is InChI=1S/C25H37N/c1-3-5-7-9-11-16-22-18-15-19-23(17-12-10-8-6-4-2)25(22)24-20-13-14-21-26-24/h13-15,18-21H,3-12,16-17H2,1-2H3. The van der Waals surface area contributed by atoms with E-state index in [-0.39, 0.29) is 0 Å². The average Bonchev–Trinajstić information content (AvgIpc) is 2.68. The number of rotatable bonds is 13. The molecule has 0 saturated carbocycles. The van der Waals surface area contributed by atoms with E-state index < -0.39 is 0 Å². The molecule has 1 nitrogen and oxygen atoms in total. The van der Waals surface area contributed by atoms with Crippen molar-refractivity contribution in [2.45, 2.75) is 90.9 Å². The minimum absolute atomic E-state index is 1.15. The minimum Gasteiger partial charge on any atom is -0.256 e. The molecule has 0 amide bonds. The van der Waals surface area contributed by atoms with Gasteiger partial charge in [-0.3, -0.25) is 4.98 Å². The lowest BCUT2D eigenvalue weighted by molar-refractivity contribution is 0.629. The molecule has 0 aliphatic heterocycles. The summed E-state index contributed by atoms with van der Waals surface area (Å²) in [6.07, 6.45) is 17.7. The Kier molecular flexibility index (Phi) is 10.1. The molecule has 0 saturated heterocycles. The Morgan fingerprint density at radius 1 is 0.615 bits per heavy atom. The molecule has 0 aliphatic rings. The van der Waals surface area contributed by atoms with Crippen molar-refractivity contribution in [1.82, 2.24) is 4.98 Å². The van der Waals surface area contributed by atoms with Crippen LogP contribution in [0.1, 0.15) is 89.2 Å². The Bertz CT molecular complexity index is 571. The molecular weight excluding hydrogens is 314 g/mol. The first-order chi connectivity index (χ1) is 12.9. The van der Waals surface area contributed by atoms with Crippen molar-refractivity contribution in [1.29, 1.82) is 0 Å². The molecule has 1 heteroatoms. The third kappa shape index (κ3) is 6.94. The van der Waals surface area contributed by atoms with E-state index in [0.717, 1.165) is 5.69 Å². The lowest BCUT2D eigenvalue weighted by Gasteiger charge is -2.15. The van der Waals surface area contributed by atoms with E-state index in [2.05, 4.69) is 49.2 Å². The molecule has 1 aromatic carbocycles. The van der Waals surface area contributed by atoms with E-state index in [4.69, 9.17) is 0 Å². The first kappa shape index (κ1) is 20.7. The molecule has 2 aromatic rings. The summed E-state index contributed by atoms with van der Waals surface area (Å²) in [7, 11) is 0. The van der Waals surface area contributed by atoms with E-state index in [1.54, 1.807) is 0 Å². The van der Waals surface area contributed by atoms with Gasteiger partial charge in [0.1, 0.15) is 0 Å². The zero-order valence-electron chi connectivity index (χ0n) is 17.0. The van der Waals surface area contributed by atoms with Crippen LogP contribution in [0.15, 0.2) is 42.6 Å². The number of pyridine rings is 1. The van der Waals surface area contributed by atoms with E-state index in [1.807, 2.05) is 12.3 Å². The smallest absolute Gasteiger partial charge is 0.0707 e. The summed E-state index contributed by atoms with van der Waals surface area (Å²) in [6.45, 7) is 4.56. The van der Waals surface area contributed by atoms with Crippen LogP contribution in [0.5, 0.6) is 0 Å². The molecule has 0 aliphatic carbocycles. The van der Waals surface area contributed by atoms with Crippen LogP contribution in [0.25, 0.3) is 11.3 Å². The van der Waals surface area contributed by atoms with Crippen molar-refractivity contribution < 1.29 is 0 Å². The van der Waals surface area contributed by atoms with Crippen LogP contribution in [0.2, 0.25) is 0 Å². The lowest BCUT2D eigenvalue weighted by atomic mass is 9.91. The Balaban J connectivity index is 2.09. The van der Waals surface area contributed by atoms with Gasteiger partial charge in [-0.15, -0.1) is 0 Å². The molecule has 2 rings (SSSR count). The number of hydrogen-bond acceptors (Lipinski definition) is 1. The van der Waals surface area contributed by atoms with Crippen LogP contribution in [-0.4, -0.2) is 4.98 Å². The molecule has 0 N–H and O–H groups in total. The van der Waals surface area contributed by atoms with Gasteiger partial charge in [0.2, 0.25) is 0 Å². The zero-order chi connectivity index (χ0) is 18.5. The highest BCUT2D eigenvalue weighted by Gasteiger charge is 2.11. The number of aromatic nitrogens is 1. The fourth-order valence-electron chi connectivity index (χ4n) is 3.75. The van der Waals surface area contributed by atoms with Crippen LogP contribution in [0.4, 0.5) is 0 Å². The van der Waals surface area contributed by atoms with Gasteiger partial charge < -0.3 is 0 Å². The number of aryl methyl sites for hydroxylation is 2. The number of nitrogens with zero attached hydrogens (tertiary/aromatic N) is 1. The van der Waals surface area contributed by atoms with Gasteiger partial charge in [0.15, 0.2) is 0 Å². The summed E-state index contributed by atoms with van der Waals surface area (Å²) in [5.74, 6) is 0. The SMILES string of the molecule is CCCCCCCc1cccc(CCCCCCC)c1-c1ccccn1. The highest BCUT2D eigenvalue weighted by atomic mass is 14.7. The molecule has 0 atom stereocenters. The molecule has 0 fully saturated rings. The zero-order valence-corrected chi connectivity index (χ0v) is 17.0. The van der Waals surface area contributed by atoms with Crippen LogP contribution < -0.4 is 0 Å². The van der Waals surface area contributed by atoms with Gasteiger partial charge in [-0.25, -0.2) is 0 Å². The van der Waals surface area contributed by atoms with Crippen molar-refractivity contribution in [2.24, 2.45) is 0 Å². The fourth-order valence-corrected chi connectivity index (χ4v) is 3.75. The molecule has 1 heterocycles. The van der Waals surface area contributed by atoms with Crippen LogP contribution in [-0.2, 0) is 12.8 Å². The fraction of sp³-hybridized carbons (Fsp3) is 0.560. The maximum atomic E-state index is 4.69. The summed E-state index contributed by atoms with van der Waals surface area (Å²) in [6, 6.07) is 13.2. The van der Waals surface area contributed by atoms with Gasteiger partial charge in [-0.2, -0.15) is 0 Å². The monoisotopic (exact) mass is 351 g/mol. The van der Waals surface area contributed by atoms with Gasteiger partial charge in [0, 0.05) is 11.8 Å². The van der Waals surface area contributed by atoms with E-state index in [9.17, 15) is 0 Å². The Labute approximate surface area is 161 Å². The summed E-state index contributed by atoms with van der Waals surface area (Å²) < 4.78 is 0. The molecule has 142 valence electrons. The lowest BCUT2D eigenvalue weighted by Crippen LogP contribution is -1.99. The highest BCUT2D eigenvalue weighted by molar-refractivity contribution is 5.68. The molecule has 0 spiro atoms. The second-order valence-corrected chi connectivity index (χ2v) is 7.49. The Morgan fingerprint density at radius 3 is 1.69 bits per heavy atom. The summed E-state index contributed by atoms with van der Waals surface area (Å²) >= 11 is 0. The quantitative estimate of drug-likeness (QED) is 0.336. The maximum absolute atomic E-state index is 4.69. The summed E-state index contributed by atoms with van der Waals surface area (Å²) in [5, 5.41) is 0. The predicted molar refractivity (Wildman–Crippen MR) is 115 cm³/mol. The third-order valence-electron chi connectivity index (χ3n) is 5.26. The normalized spacial score (nSPS) is 11.0. The van der Waals surface area contributed by atoms with Crippen LogP contribution in [0, 0.1) is 0 Å². The Hall–Kier alpha value is -1.63. The van der Waals surface area contributed by atoms with Crippen molar-refractivity contribution in [2.75, 3.05) is 0 Å². The van der Waals surface area contributed by atoms with Crippen molar-refractivity contribution >= 4 is 0 Å². The summed E-state index contributed by atoms with van der Waals surface area (Å²) in [5.41, 5.74) is 5.55. The average molecular weight is 352 g/mol. The van der Waals surface area contributed by atoms with E-state index >= 15 is 0 Å². The molecule has 0 radical (unpaired) electrons. The van der Waals surface area contributed by atoms with E-state index in [0.29, 0.717) is 0 Å². The summed E-state index contributed by atoms with van der Waals surface area (Å²) in [4.78, 5) is 4.69. The number of benzene rings is 1. The first-order valence-corrected chi connectivity index (χ1v) is 10.9. The Morgan fingerprint density at radius 2 is 1.19 bits per heavy atom. The van der Waals surface area contributed by atoms with Gasteiger partial charge in [0.25, 0.3) is 0 Å². The maximum Gasteiger partial charge on any atom is 0.0707 e. The molecular formula is C25H37N. The van der Waals surface area contributed by atoms with Crippen molar-refractivity contribution in [3.63, 3.8) is 0 Å². The molecule has 26 heavy (non-hydrogen) atoms. The predicted octanol–water partition coefficient (Wildman–Crippen LogP) is 7.77. The molecule has 0 unspecified atom stereocenters. The largest absolute Gasteiger partial charge is 0.256 e. The van der Waals surface area contributed by atoms with Crippen molar-refractivity contribution in [3.05, 3.63) is 53.7 Å². The van der Waals surface area contributed by atoms with Gasteiger partial charge in [-0.1, -0.05) is 89.5 Å². The van der Waals surface area contributed by atoms with E-state index in [1.165, 1.54) is 93.7 Å². The van der Waals surface area contributed by atoms with Gasteiger partial charge in [-0.05, 0) is 48.9 Å². The topological polar surface area (TPSA) is 12.9 Å². The minimum atomic E-state index is 1.15. The first-order valence-electron chi connectivity index (χ1n) is 10.9. The molecule has 1 aromatic heterocycles. The highest BCUT2D eigenvalue weighted by Crippen LogP contribution is 2.29.